The number of hydrogen-bond acceptors (Lipinski definition) is 2. The number of benzene rings is 1. The number of methoxy groups -OCH3 is 1. The Morgan fingerprint density at radius 3 is 2.50 bits per heavy atom. The van der Waals surface area contributed by atoms with Crippen LogP contribution in [0.5, 0.6) is 5.88 Å². The van der Waals surface area contributed by atoms with E-state index in [1.807, 2.05) is 12.1 Å². The molecule has 2 heteroatoms. The van der Waals surface area contributed by atoms with Gasteiger partial charge in [-0.3, -0.25) is 0 Å². The van der Waals surface area contributed by atoms with E-state index in [9.17, 15) is 0 Å². The Labute approximate surface area is 95.9 Å². The summed E-state index contributed by atoms with van der Waals surface area (Å²) in [6.07, 6.45) is 1.74. The minimum atomic E-state index is 0.677. The molecule has 0 radical (unpaired) electrons. The normalized spacial score (nSPS) is 10.2. The number of aryl methyl sites for hydroxylation is 1. The van der Waals surface area contributed by atoms with Crippen LogP contribution in [0, 0.1) is 13.8 Å². The van der Waals surface area contributed by atoms with Gasteiger partial charge in [0.1, 0.15) is 0 Å². The van der Waals surface area contributed by atoms with Crippen molar-refractivity contribution in [2.75, 3.05) is 7.11 Å². The number of aromatic nitrogens is 1. The van der Waals surface area contributed by atoms with Crippen LogP contribution in [0.2, 0.25) is 0 Å². The van der Waals surface area contributed by atoms with Crippen LogP contribution in [-0.4, -0.2) is 12.1 Å². The predicted molar refractivity (Wildman–Crippen MR) is 65.7 cm³/mol. The van der Waals surface area contributed by atoms with Crippen molar-refractivity contribution in [1.82, 2.24) is 4.98 Å². The lowest BCUT2D eigenvalue weighted by atomic mass is 9.98. The molecule has 82 valence electrons. The molecule has 0 aliphatic carbocycles. The fourth-order valence-corrected chi connectivity index (χ4v) is 1.80. The van der Waals surface area contributed by atoms with Gasteiger partial charge in [0, 0.05) is 11.8 Å². The standard InChI is InChI=1S/C14H15NO/c1-10-6-4-7-12(11(10)2)13-8-5-9-15-14(13)16-3/h4-9H,1-3H3. The first-order chi connectivity index (χ1) is 7.74. The molecule has 0 bridgehead atoms. The molecule has 1 heterocycles. The van der Waals surface area contributed by atoms with Crippen LogP contribution in [0.25, 0.3) is 11.1 Å². The number of hydrogen-bond donors (Lipinski definition) is 0. The van der Waals surface area contributed by atoms with E-state index in [4.69, 9.17) is 4.74 Å². The van der Waals surface area contributed by atoms with Crippen LogP contribution >= 0.6 is 0 Å². The lowest BCUT2D eigenvalue weighted by molar-refractivity contribution is 0.399. The van der Waals surface area contributed by atoms with Gasteiger partial charge in [-0.15, -0.1) is 0 Å². The number of rotatable bonds is 2. The summed E-state index contributed by atoms with van der Waals surface area (Å²) < 4.78 is 5.28. The molecular formula is C14H15NO. The summed E-state index contributed by atoms with van der Waals surface area (Å²) in [5, 5.41) is 0. The maximum absolute atomic E-state index is 5.28. The van der Waals surface area contributed by atoms with Gasteiger partial charge in [0.15, 0.2) is 0 Å². The largest absolute Gasteiger partial charge is 0.481 e. The van der Waals surface area contributed by atoms with Crippen molar-refractivity contribution in [1.29, 1.82) is 0 Å². The highest BCUT2D eigenvalue weighted by Gasteiger charge is 2.09. The first kappa shape index (κ1) is 10.7. The van der Waals surface area contributed by atoms with Crippen molar-refractivity contribution in [3.8, 4) is 17.0 Å². The fourth-order valence-electron chi connectivity index (χ4n) is 1.80. The van der Waals surface area contributed by atoms with E-state index in [1.165, 1.54) is 16.7 Å². The van der Waals surface area contributed by atoms with Crippen LogP contribution in [0.15, 0.2) is 36.5 Å². The Morgan fingerprint density at radius 2 is 1.75 bits per heavy atom. The zero-order valence-corrected chi connectivity index (χ0v) is 9.82. The summed E-state index contributed by atoms with van der Waals surface area (Å²) in [7, 11) is 1.65. The molecule has 0 aliphatic rings. The van der Waals surface area contributed by atoms with E-state index < -0.39 is 0 Å². The van der Waals surface area contributed by atoms with Gasteiger partial charge in [-0.25, -0.2) is 4.98 Å². The van der Waals surface area contributed by atoms with Crippen molar-refractivity contribution >= 4 is 0 Å². The second kappa shape index (κ2) is 4.35. The minimum Gasteiger partial charge on any atom is -0.481 e. The molecule has 1 aromatic carbocycles. The summed E-state index contributed by atoms with van der Waals surface area (Å²) in [5.74, 6) is 0.677. The van der Waals surface area contributed by atoms with Gasteiger partial charge in [0.2, 0.25) is 5.88 Å². The molecule has 2 nitrogen and oxygen atoms in total. The zero-order chi connectivity index (χ0) is 11.5. The molecule has 16 heavy (non-hydrogen) atoms. The van der Waals surface area contributed by atoms with Gasteiger partial charge >= 0.3 is 0 Å². The molecule has 0 atom stereocenters. The second-order valence-electron chi connectivity index (χ2n) is 3.81. The second-order valence-corrected chi connectivity index (χ2v) is 3.81. The topological polar surface area (TPSA) is 22.1 Å². The molecule has 0 saturated carbocycles. The van der Waals surface area contributed by atoms with Gasteiger partial charge in [0.05, 0.1) is 7.11 Å². The summed E-state index contributed by atoms with van der Waals surface area (Å²) in [6.45, 7) is 4.23. The van der Waals surface area contributed by atoms with E-state index in [-0.39, 0.29) is 0 Å². The summed E-state index contributed by atoms with van der Waals surface area (Å²) in [5.41, 5.74) is 4.79. The minimum absolute atomic E-state index is 0.677. The molecular weight excluding hydrogens is 198 g/mol. The SMILES string of the molecule is COc1ncccc1-c1cccc(C)c1C. The molecule has 0 fully saturated rings. The highest BCUT2D eigenvalue weighted by Crippen LogP contribution is 2.31. The molecule has 0 N–H and O–H groups in total. The highest BCUT2D eigenvalue weighted by molar-refractivity contribution is 5.72. The molecule has 0 saturated heterocycles. The Kier molecular flexibility index (Phi) is 2.91. The summed E-state index contributed by atoms with van der Waals surface area (Å²) >= 11 is 0. The van der Waals surface area contributed by atoms with Gasteiger partial charge in [0.25, 0.3) is 0 Å². The maximum atomic E-state index is 5.28. The third-order valence-corrected chi connectivity index (χ3v) is 2.86. The van der Waals surface area contributed by atoms with Crippen molar-refractivity contribution in [2.24, 2.45) is 0 Å². The zero-order valence-electron chi connectivity index (χ0n) is 9.82. The molecule has 0 amide bonds. The van der Waals surface area contributed by atoms with Crippen molar-refractivity contribution in [3.05, 3.63) is 47.7 Å². The average molecular weight is 213 g/mol. The predicted octanol–water partition coefficient (Wildman–Crippen LogP) is 3.37. The number of ether oxygens (including phenoxy) is 1. The average Bonchev–Trinajstić information content (AvgIpc) is 2.33. The lowest BCUT2D eigenvalue weighted by Gasteiger charge is -2.11. The van der Waals surface area contributed by atoms with E-state index in [2.05, 4.69) is 37.0 Å². The van der Waals surface area contributed by atoms with Gasteiger partial charge < -0.3 is 4.74 Å². The molecule has 0 unspecified atom stereocenters. The molecule has 2 aromatic rings. The molecule has 0 spiro atoms. The highest BCUT2D eigenvalue weighted by atomic mass is 16.5. The first-order valence-electron chi connectivity index (χ1n) is 5.29. The third-order valence-electron chi connectivity index (χ3n) is 2.86. The van der Waals surface area contributed by atoms with E-state index in [0.717, 1.165) is 5.56 Å². The van der Waals surface area contributed by atoms with Gasteiger partial charge in [-0.1, -0.05) is 18.2 Å². The van der Waals surface area contributed by atoms with Crippen LogP contribution in [0.3, 0.4) is 0 Å². The quantitative estimate of drug-likeness (QED) is 0.763. The Balaban J connectivity index is 2.63. The van der Waals surface area contributed by atoms with Gasteiger partial charge in [-0.2, -0.15) is 0 Å². The van der Waals surface area contributed by atoms with Crippen LogP contribution in [0.4, 0.5) is 0 Å². The monoisotopic (exact) mass is 213 g/mol. The van der Waals surface area contributed by atoms with E-state index in [1.54, 1.807) is 13.3 Å². The maximum Gasteiger partial charge on any atom is 0.221 e. The first-order valence-corrected chi connectivity index (χ1v) is 5.29. The Morgan fingerprint density at radius 1 is 1.00 bits per heavy atom. The van der Waals surface area contributed by atoms with Crippen molar-refractivity contribution in [2.45, 2.75) is 13.8 Å². The lowest BCUT2D eigenvalue weighted by Crippen LogP contribution is -1.93. The smallest absolute Gasteiger partial charge is 0.221 e. The van der Waals surface area contributed by atoms with Crippen LogP contribution < -0.4 is 4.74 Å². The summed E-state index contributed by atoms with van der Waals surface area (Å²) in [4.78, 5) is 4.22. The van der Waals surface area contributed by atoms with Crippen LogP contribution in [0.1, 0.15) is 11.1 Å². The molecule has 0 aliphatic heterocycles. The van der Waals surface area contributed by atoms with Crippen molar-refractivity contribution < 1.29 is 4.74 Å². The Bertz CT molecular complexity index is 506. The number of pyridine rings is 1. The fraction of sp³-hybridized carbons (Fsp3) is 0.214. The third kappa shape index (κ3) is 1.78. The number of nitrogens with zero attached hydrogens (tertiary/aromatic N) is 1. The van der Waals surface area contributed by atoms with Crippen molar-refractivity contribution in [3.63, 3.8) is 0 Å². The summed E-state index contributed by atoms with van der Waals surface area (Å²) in [6, 6.07) is 10.2. The van der Waals surface area contributed by atoms with Gasteiger partial charge in [-0.05, 0) is 42.7 Å². The Hall–Kier alpha value is -1.83. The van der Waals surface area contributed by atoms with Crippen LogP contribution in [-0.2, 0) is 0 Å². The molecule has 2 rings (SSSR count). The van der Waals surface area contributed by atoms with E-state index in [0.29, 0.717) is 5.88 Å². The molecule has 1 aromatic heterocycles. The van der Waals surface area contributed by atoms with E-state index >= 15 is 0 Å².